The summed E-state index contributed by atoms with van der Waals surface area (Å²) >= 11 is 0. The van der Waals surface area contributed by atoms with Crippen LogP contribution in [0.25, 0.3) is 0 Å². The van der Waals surface area contributed by atoms with E-state index in [9.17, 15) is 4.79 Å². The zero-order chi connectivity index (χ0) is 13.2. The third kappa shape index (κ3) is 5.56. The first-order valence-electron chi connectivity index (χ1n) is 7.50. The molecule has 1 aliphatic rings. The van der Waals surface area contributed by atoms with Crippen LogP contribution in [0.4, 0.5) is 4.79 Å². The zero-order valence-corrected chi connectivity index (χ0v) is 12.0. The molecule has 0 aromatic heterocycles. The van der Waals surface area contributed by atoms with Gasteiger partial charge in [-0.25, -0.2) is 4.79 Å². The molecule has 0 heterocycles. The average molecular weight is 252 g/mol. The van der Waals surface area contributed by atoms with Gasteiger partial charge in [-0.1, -0.05) is 39.2 Å². The third-order valence-electron chi connectivity index (χ3n) is 3.50. The highest BCUT2D eigenvalue weighted by atomic mass is 16.2. The minimum absolute atomic E-state index is 0.0470. The second-order valence-corrected chi connectivity index (χ2v) is 5.19. The van der Waals surface area contributed by atoms with E-state index in [4.69, 9.17) is 0 Å². The van der Waals surface area contributed by atoms with Crippen molar-refractivity contribution >= 4 is 6.03 Å². The van der Waals surface area contributed by atoms with Crippen LogP contribution in [0.5, 0.6) is 0 Å². The lowest BCUT2D eigenvalue weighted by Gasteiger charge is -2.21. The van der Waals surface area contributed by atoms with E-state index in [-0.39, 0.29) is 6.03 Å². The minimum atomic E-state index is 0.0470. The first kappa shape index (κ1) is 15.1. The smallest absolute Gasteiger partial charge is 0.321 e. The predicted molar refractivity (Wildman–Crippen MR) is 76.4 cm³/mol. The molecule has 0 spiro atoms. The molecule has 104 valence electrons. The Labute approximate surface area is 112 Å². The molecule has 2 amide bonds. The van der Waals surface area contributed by atoms with Crippen LogP contribution in [-0.2, 0) is 0 Å². The molecule has 3 nitrogen and oxygen atoms in total. The normalized spacial score (nSPS) is 17.0. The SMILES string of the molecule is CCCN(CCC)C(=O)N/C=C/C1CCCCC1. The number of rotatable bonds is 6. The maximum absolute atomic E-state index is 11.9. The number of carbonyl (C=O) groups is 1. The highest BCUT2D eigenvalue weighted by molar-refractivity contribution is 5.75. The molecular weight excluding hydrogens is 224 g/mol. The van der Waals surface area contributed by atoms with Crippen molar-refractivity contribution in [2.45, 2.75) is 58.8 Å². The van der Waals surface area contributed by atoms with Crippen LogP contribution >= 0.6 is 0 Å². The maximum atomic E-state index is 11.9. The first-order chi connectivity index (χ1) is 8.77. The Hall–Kier alpha value is -0.990. The molecule has 0 saturated heterocycles. The second kappa shape index (κ2) is 9.01. The first-order valence-corrected chi connectivity index (χ1v) is 7.50. The standard InChI is InChI=1S/C15H28N2O/c1-3-12-17(13-4-2)15(18)16-11-10-14-8-6-5-7-9-14/h10-11,14H,3-9,12-13H2,1-2H3,(H,16,18)/b11-10+. The largest absolute Gasteiger partial charge is 0.325 e. The molecule has 0 unspecified atom stereocenters. The van der Waals surface area contributed by atoms with Gasteiger partial charge in [0.1, 0.15) is 0 Å². The van der Waals surface area contributed by atoms with Crippen molar-refractivity contribution in [3.8, 4) is 0 Å². The Kier molecular flexibility index (Phi) is 7.54. The Bertz CT molecular complexity index is 251. The van der Waals surface area contributed by atoms with Crippen LogP contribution < -0.4 is 5.32 Å². The molecule has 0 bridgehead atoms. The van der Waals surface area contributed by atoms with Gasteiger partial charge in [-0.05, 0) is 31.6 Å². The molecule has 1 rings (SSSR count). The molecule has 1 saturated carbocycles. The summed E-state index contributed by atoms with van der Waals surface area (Å²) in [7, 11) is 0. The second-order valence-electron chi connectivity index (χ2n) is 5.19. The quantitative estimate of drug-likeness (QED) is 0.763. The summed E-state index contributed by atoms with van der Waals surface area (Å²) in [6, 6.07) is 0.0470. The Morgan fingerprint density at radius 2 is 1.78 bits per heavy atom. The topological polar surface area (TPSA) is 32.3 Å². The summed E-state index contributed by atoms with van der Waals surface area (Å²) in [5, 5.41) is 2.91. The number of urea groups is 1. The summed E-state index contributed by atoms with van der Waals surface area (Å²) in [4.78, 5) is 13.8. The highest BCUT2D eigenvalue weighted by Gasteiger charge is 2.11. The fraction of sp³-hybridized carbons (Fsp3) is 0.800. The number of nitrogens with one attached hydrogen (secondary N) is 1. The van der Waals surface area contributed by atoms with Gasteiger partial charge in [0.15, 0.2) is 0 Å². The Morgan fingerprint density at radius 3 is 2.33 bits per heavy atom. The van der Waals surface area contributed by atoms with Crippen molar-refractivity contribution in [2.24, 2.45) is 5.92 Å². The summed E-state index contributed by atoms with van der Waals surface area (Å²) in [5.41, 5.74) is 0. The fourth-order valence-electron chi connectivity index (χ4n) is 2.53. The molecule has 0 aromatic carbocycles. The molecule has 3 heteroatoms. The van der Waals surface area contributed by atoms with Crippen molar-refractivity contribution < 1.29 is 4.79 Å². The summed E-state index contributed by atoms with van der Waals surface area (Å²) < 4.78 is 0. The highest BCUT2D eigenvalue weighted by Crippen LogP contribution is 2.24. The van der Waals surface area contributed by atoms with Crippen LogP contribution in [0, 0.1) is 5.92 Å². The van der Waals surface area contributed by atoms with Crippen LogP contribution in [0.2, 0.25) is 0 Å². The molecule has 18 heavy (non-hydrogen) atoms. The van der Waals surface area contributed by atoms with Gasteiger partial charge in [0, 0.05) is 19.3 Å². The monoisotopic (exact) mass is 252 g/mol. The van der Waals surface area contributed by atoms with E-state index in [1.54, 1.807) is 0 Å². The van der Waals surface area contributed by atoms with Gasteiger partial charge in [-0.15, -0.1) is 0 Å². The van der Waals surface area contributed by atoms with Crippen molar-refractivity contribution in [3.05, 3.63) is 12.3 Å². The molecule has 0 radical (unpaired) electrons. The third-order valence-corrected chi connectivity index (χ3v) is 3.50. The van der Waals surface area contributed by atoms with Crippen molar-refractivity contribution in [2.75, 3.05) is 13.1 Å². The lowest BCUT2D eigenvalue weighted by molar-refractivity contribution is 0.201. The number of hydrogen-bond donors (Lipinski definition) is 1. The van der Waals surface area contributed by atoms with E-state index in [1.165, 1.54) is 32.1 Å². The molecular formula is C15H28N2O. The minimum Gasteiger partial charge on any atom is -0.325 e. The van der Waals surface area contributed by atoms with Gasteiger partial charge >= 0.3 is 6.03 Å². The maximum Gasteiger partial charge on any atom is 0.321 e. The van der Waals surface area contributed by atoms with Gasteiger partial charge in [0.2, 0.25) is 0 Å². The predicted octanol–water partition coefficient (Wildman–Crippen LogP) is 3.91. The molecule has 0 aromatic rings. The van der Waals surface area contributed by atoms with E-state index >= 15 is 0 Å². The van der Waals surface area contributed by atoms with Crippen molar-refractivity contribution in [1.82, 2.24) is 10.2 Å². The lowest BCUT2D eigenvalue weighted by Crippen LogP contribution is -2.38. The molecule has 0 aliphatic heterocycles. The summed E-state index contributed by atoms with van der Waals surface area (Å²) in [6.07, 6.45) is 12.7. The van der Waals surface area contributed by atoms with Crippen LogP contribution in [0.15, 0.2) is 12.3 Å². The van der Waals surface area contributed by atoms with E-state index in [1.807, 2.05) is 11.1 Å². The fourth-order valence-corrected chi connectivity index (χ4v) is 2.53. The summed E-state index contributed by atoms with van der Waals surface area (Å²) in [6.45, 7) is 5.90. The van der Waals surface area contributed by atoms with Crippen LogP contribution in [0.1, 0.15) is 58.8 Å². The van der Waals surface area contributed by atoms with Gasteiger partial charge in [-0.2, -0.15) is 0 Å². The number of amides is 2. The number of allylic oxidation sites excluding steroid dienone is 1. The van der Waals surface area contributed by atoms with Crippen LogP contribution in [-0.4, -0.2) is 24.0 Å². The van der Waals surface area contributed by atoms with E-state index in [0.717, 1.165) is 25.9 Å². The van der Waals surface area contributed by atoms with Gasteiger partial charge < -0.3 is 10.2 Å². The summed E-state index contributed by atoms with van der Waals surface area (Å²) in [5.74, 6) is 0.671. The van der Waals surface area contributed by atoms with Crippen molar-refractivity contribution in [1.29, 1.82) is 0 Å². The van der Waals surface area contributed by atoms with E-state index in [0.29, 0.717) is 5.92 Å². The van der Waals surface area contributed by atoms with Crippen molar-refractivity contribution in [3.63, 3.8) is 0 Å². The molecule has 1 N–H and O–H groups in total. The van der Waals surface area contributed by atoms with Gasteiger partial charge in [-0.3, -0.25) is 0 Å². The number of hydrogen-bond acceptors (Lipinski definition) is 1. The average Bonchev–Trinajstić information content (AvgIpc) is 2.39. The zero-order valence-electron chi connectivity index (χ0n) is 12.0. The van der Waals surface area contributed by atoms with E-state index in [2.05, 4.69) is 25.2 Å². The lowest BCUT2D eigenvalue weighted by atomic mass is 9.89. The molecule has 0 atom stereocenters. The van der Waals surface area contributed by atoms with Crippen LogP contribution in [0.3, 0.4) is 0 Å². The Morgan fingerprint density at radius 1 is 1.17 bits per heavy atom. The molecule has 1 fully saturated rings. The number of carbonyl (C=O) groups excluding carboxylic acids is 1. The Balaban J connectivity index is 2.30. The number of nitrogens with zero attached hydrogens (tertiary/aromatic N) is 1. The molecule has 1 aliphatic carbocycles. The van der Waals surface area contributed by atoms with Gasteiger partial charge in [0.25, 0.3) is 0 Å². The van der Waals surface area contributed by atoms with Gasteiger partial charge in [0.05, 0.1) is 0 Å². The van der Waals surface area contributed by atoms with E-state index < -0.39 is 0 Å².